The van der Waals surface area contributed by atoms with Crippen LogP contribution in [0.1, 0.15) is 40.5 Å². The lowest BCUT2D eigenvalue weighted by Gasteiger charge is -2.20. The maximum atomic E-state index is 3.57. The van der Waals surface area contributed by atoms with Crippen molar-refractivity contribution in [3.05, 3.63) is 0 Å². The van der Waals surface area contributed by atoms with E-state index >= 15 is 0 Å². The van der Waals surface area contributed by atoms with Crippen LogP contribution in [-0.2, 0) is 0 Å². The fourth-order valence-corrected chi connectivity index (χ4v) is 6.21. The summed E-state index contributed by atoms with van der Waals surface area (Å²) >= 11 is 3.57. The molecule has 0 N–H and O–H groups in total. The van der Waals surface area contributed by atoms with E-state index in [2.05, 4.69) is 43.6 Å². The molecule has 82 valence electrons. The first kappa shape index (κ1) is 16.8. The van der Waals surface area contributed by atoms with Gasteiger partial charge in [0.1, 0.15) is 0 Å². The van der Waals surface area contributed by atoms with Gasteiger partial charge in [0.25, 0.3) is 0 Å². The van der Waals surface area contributed by atoms with Gasteiger partial charge in [-0.15, -0.1) is 0 Å². The Bertz CT molecular complexity index is 99.1. The topological polar surface area (TPSA) is 0 Å². The van der Waals surface area contributed by atoms with Gasteiger partial charge in [0.15, 0.2) is 0 Å². The van der Waals surface area contributed by atoms with Crippen molar-refractivity contribution in [3.63, 3.8) is 0 Å². The third kappa shape index (κ3) is 6.47. The molecule has 0 rings (SSSR count). The minimum Gasteiger partial charge on any atom is -1.00 e. The average molecular weight is 334 g/mol. The number of rotatable bonds is 6. The number of halogens is 2. The van der Waals surface area contributed by atoms with Crippen LogP contribution >= 0.6 is 23.9 Å². The molecule has 0 spiro atoms. The van der Waals surface area contributed by atoms with Crippen molar-refractivity contribution < 1.29 is 17.0 Å². The van der Waals surface area contributed by atoms with Crippen LogP contribution < -0.4 is 17.0 Å². The molecular formula is C10H23Br2P. The van der Waals surface area contributed by atoms with Crippen molar-refractivity contribution in [1.29, 1.82) is 0 Å². The largest absolute Gasteiger partial charge is 1.00 e. The number of alkyl halides is 1. The first-order chi connectivity index (χ1) is 5.67. The van der Waals surface area contributed by atoms with Crippen LogP contribution in [0.4, 0.5) is 0 Å². The highest BCUT2D eigenvalue weighted by atomic mass is 79.9. The van der Waals surface area contributed by atoms with Crippen molar-refractivity contribution in [3.8, 4) is 0 Å². The Hall–Kier alpha value is 1.39. The van der Waals surface area contributed by atoms with Crippen LogP contribution in [0.15, 0.2) is 0 Å². The van der Waals surface area contributed by atoms with Gasteiger partial charge in [-0.2, -0.15) is 0 Å². The van der Waals surface area contributed by atoms with Gasteiger partial charge in [-0.25, -0.2) is 0 Å². The van der Waals surface area contributed by atoms with Crippen molar-refractivity contribution in [2.24, 2.45) is 0 Å². The van der Waals surface area contributed by atoms with Crippen LogP contribution in [0.25, 0.3) is 0 Å². The Morgan fingerprint density at radius 2 is 1.46 bits per heavy atom. The third-order valence-electron chi connectivity index (χ3n) is 2.87. The Kier molecular flexibility index (Phi) is 12.8. The second kappa shape index (κ2) is 9.93. The van der Waals surface area contributed by atoms with E-state index in [1.54, 1.807) is 0 Å². The maximum Gasteiger partial charge on any atom is 0.0674 e. The summed E-state index contributed by atoms with van der Waals surface area (Å²) in [5, 5.41) is 1.20. The van der Waals surface area contributed by atoms with E-state index in [0.29, 0.717) is 0 Å². The summed E-state index contributed by atoms with van der Waals surface area (Å²) in [5.41, 5.74) is 1.98. The summed E-state index contributed by atoms with van der Waals surface area (Å²) in [6.45, 7) is 9.52. The van der Waals surface area contributed by atoms with Gasteiger partial charge in [0, 0.05) is 13.3 Å². The van der Waals surface area contributed by atoms with Gasteiger partial charge in [-0.3, -0.25) is 0 Å². The maximum absolute atomic E-state index is 3.57. The molecule has 0 radical (unpaired) electrons. The van der Waals surface area contributed by atoms with Gasteiger partial charge in [-0.05, 0) is 26.7 Å². The summed E-state index contributed by atoms with van der Waals surface area (Å²) in [5.74, 6) is 0. The number of hydrogen-bond acceptors (Lipinski definition) is 0. The Morgan fingerprint density at radius 3 is 1.69 bits per heavy atom. The SMILES string of the molecule is CCC(C)[PH+](CCBr)C(C)CC.[Br-]. The molecule has 0 fully saturated rings. The Morgan fingerprint density at radius 1 is 1.08 bits per heavy atom. The Labute approximate surface area is 104 Å². The average Bonchev–Trinajstić information content (AvgIpc) is 2.11. The van der Waals surface area contributed by atoms with E-state index in [0.717, 1.165) is 11.3 Å². The highest BCUT2D eigenvalue weighted by Gasteiger charge is 2.27. The molecule has 0 aromatic rings. The summed E-state index contributed by atoms with van der Waals surface area (Å²) in [4.78, 5) is 0. The molecule has 0 bridgehead atoms. The zero-order valence-corrected chi connectivity index (χ0v) is 13.4. The van der Waals surface area contributed by atoms with Crippen molar-refractivity contribution in [1.82, 2.24) is 0 Å². The van der Waals surface area contributed by atoms with Crippen LogP contribution in [0, 0.1) is 0 Å². The van der Waals surface area contributed by atoms with Gasteiger partial charge in [0.05, 0.1) is 17.5 Å². The van der Waals surface area contributed by atoms with E-state index < -0.39 is 0 Å². The second-order valence-corrected chi connectivity index (χ2v) is 8.05. The lowest BCUT2D eigenvalue weighted by molar-refractivity contribution is -0.00000267. The summed E-state index contributed by atoms with van der Waals surface area (Å²) in [6.07, 6.45) is 4.17. The van der Waals surface area contributed by atoms with Crippen molar-refractivity contribution in [2.45, 2.75) is 51.9 Å². The lowest BCUT2D eigenvalue weighted by Crippen LogP contribution is -3.00. The standard InChI is InChI=1S/C10H22BrP.BrH/c1-5-9(3)12(8-7-11)10(4)6-2;/h9-10H,5-8H2,1-4H3;1H. The molecule has 0 aliphatic carbocycles. The number of hydrogen-bond donors (Lipinski definition) is 0. The minimum atomic E-state index is -0.0996. The molecular weight excluding hydrogens is 311 g/mol. The summed E-state index contributed by atoms with van der Waals surface area (Å²) in [7, 11) is -0.0996. The monoisotopic (exact) mass is 332 g/mol. The molecule has 3 heteroatoms. The van der Waals surface area contributed by atoms with Crippen LogP contribution in [0.2, 0.25) is 0 Å². The minimum absolute atomic E-state index is 0. The van der Waals surface area contributed by atoms with E-state index in [9.17, 15) is 0 Å². The van der Waals surface area contributed by atoms with Crippen molar-refractivity contribution in [2.75, 3.05) is 11.5 Å². The van der Waals surface area contributed by atoms with Crippen molar-refractivity contribution >= 4 is 23.9 Å². The smallest absolute Gasteiger partial charge is 0.0674 e. The lowest BCUT2D eigenvalue weighted by atomic mass is 10.4. The highest BCUT2D eigenvalue weighted by molar-refractivity contribution is 9.09. The normalized spacial score (nSPS) is 17.3. The van der Waals surface area contributed by atoms with Gasteiger partial charge < -0.3 is 17.0 Å². The molecule has 0 heterocycles. The molecule has 2 atom stereocenters. The fourth-order valence-electron chi connectivity index (χ4n) is 1.61. The van der Waals surface area contributed by atoms with E-state index in [4.69, 9.17) is 0 Å². The zero-order chi connectivity index (χ0) is 9.56. The summed E-state index contributed by atoms with van der Waals surface area (Å²) < 4.78 is 0. The molecule has 0 nitrogen and oxygen atoms in total. The van der Waals surface area contributed by atoms with Crippen LogP contribution in [0.5, 0.6) is 0 Å². The molecule has 0 aromatic carbocycles. The predicted octanol–water partition coefficient (Wildman–Crippen LogP) is 1.20. The van der Waals surface area contributed by atoms with Crippen LogP contribution in [-0.4, -0.2) is 22.8 Å². The molecule has 0 amide bonds. The van der Waals surface area contributed by atoms with Crippen LogP contribution in [0.3, 0.4) is 0 Å². The van der Waals surface area contributed by atoms with E-state index in [-0.39, 0.29) is 24.9 Å². The van der Waals surface area contributed by atoms with E-state index in [1.165, 1.54) is 24.3 Å². The Balaban J connectivity index is 0. The first-order valence-corrected chi connectivity index (χ1v) is 8.07. The predicted molar refractivity (Wildman–Crippen MR) is 66.5 cm³/mol. The van der Waals surface area contributed by atoms with Gasteiger partial charge in [0.2, 0.25) is 0 Å². The van der Waals surface area contributed by atoms with Gasteiger partial charge in [-0.1, -0.05) is 29.8 Å². The van der Waals surface area contributed by atoms with E-state index in [1.807, 2.05) is 0 Å². The molecule has 0 aliphatic heterocycles. The summed E-state index contributed by atoms with van der Waals surface area (Å²) in [6, 6.07) is 0. The zero-order valence-electron chi connectivity index (χ0n) is 9.24. The molecule has 0 aromatic heterocycles. The molecule has 0 saturated heterocycles. The molecule has 13 heavy (non-hydrogen) atoms. The highest BCUT2D eigenvalue weighted by Crippen LogP contribution is 2.48. The fraction of sp³-hybridized carbons (Fsp3) is 1.00. The molecule has 0 saturated carbocycles. The first-order valence-electron chi connectivity index (χ1n) is 5.08. The van der Waals surface area contributed by atoms with Gasteiger partial charge >= 0.3 is 0 Å². The quantitative estimate of drug-likeness (QED) is 0.506. The molecule has 0 aliphatic rings. The molecule has 2 unspecified atom stereocenters. The third-order valence-corrected chi connectivity index (χ3v) is 8.18. The second-order valence-electron chi connectivity index (χ2n) is 3.63.